The highest BCUT2D eigenvalue weighted by Crippen LogP contribution is 2.50. The molecule has 10 nitrogen and oxygen atoms in total. The Hall–Kier alpha value is -3.43. The van der Waals surface area contributed by atoms with E-state index >= 15 is 0 Å². The first-order valence-corrected chi connectivity index (χ1v) is 14.7. The number of anilines is 1. The van der Waals surface area contributed by atoms with Crippen LogP contribution in [0.4, 0.5) is 5.69 Å². The van der Waals surface area contributed by atoms with Crippen LogP contribution in [0.1, 0.15) is 68.1 Å². The highest BCUT2D eigenvalue weighted by molar-refractivity contribution is 5.89. The van der Waals surface area contributed by atoms with E-state index in [1.807, 2.05) is 17.9 Å². The fourth-order valence-electron chi connectivity index (χ4n) is 7.56. The van der Waals surface area contributed by atoms with Gasteiger partial charge in [-0.1, -0.05) is 6.42 Å². The quantitative estimate of drug-likeness (QED) is 0.509. The maximum atomic E-state index is 12.6. The Kier molecular flexibility index (Phi) is 6.82. The average Bonchev–Trinajstić information content (AvgIpc) is 3.44. The van der Waals surface area contributed by atoms with Gasteiger partial charge in [0, 0.05) is 70.1 Å². The number of aromatic nitrogens is 5. The molecule has 2 fully saturated rings. The van der Waals surface area contributed by atoms with Crippen LogP contribution in [0.25, 0.3) is 11.0 Å². The molecule has 6 rings (SSSR count). The first-order valence-electron chi connectivity index (χ1n) is 14.7. The predicted octanol–water partition coefficient (Wildman–Crippen LogP) is 3.28. The van der Waals surface area contributed by atoms with E-state index in [0.717, 1.165) is 74.2 Å². The van der Waals surface area contributed by atoms with Gasteiger partial charge >= 0.3 is 0 Å². The van der Waals surface area contributed by atoms with Crippen LogP contribution in [-0.4, -0.2) is 67.4 Å². The number of nitrogens with one attached hydrogen (secondary N) is 1. The summed E-state index contributed by atoms with van der Waals surface area (Å²) in [6.07, 6.45) is 9.73. The molecule has 0 radical (unpaired) electrons. The molecule has 214 valence electrons. The van der Waals surface area contributed by atoms with Gasteiger partial charge in [0.05, 0.1) is 29.5 Å². The van der Waals surface area contributed by atoms with E-state index in [4.69, 9.17) is 10.1 Å². The second kappa shape index (κ2) is 10.2. The Bertz CT molecular complexity index is 1460. The van der Waals surface area contributed by atoms with Crippen LogP contribution >= 0.6 is 0 Å². The SMILES string of the molecule is CC(=O)N(C)CC(=O)NC1CCC2(Cn3nc(C)c4c3CCN(c3cc(C)nc5c3cnn5C)C4)CCCC1C2. The molecule has 0 saturated heterocycles. The van der Waals surface area contributed by atoms with Gasteiger partial charge in [-0.15, -0.1) is 0 Å². The molecule has 2 saturated carbocycles. The monoisotopic (exact) mass is 546 g/mol. The van der Waals surface area contributed by atoms with Crippen LogP contribution < -0.4 is 10.2 Å². The zero-order valence-electron chi connectivity index (χ0n) is 24.5. The van der Waals surface area contributed by atoms with Crippen LogP contribution in [0.5, 0.6) is 0 Å². The number of likely N-dealkylation sites (N-methyl/N-ethyl adjacent to an activating group) is 1. The fourth-order valence-corrected chi connectivity index (χ4v) is 7.56. The van der Waals surface area contributed by atoms with Crippen molar-refractivity contribution in [2.75, 3.05) is 25.0 Å². The van der Waals surface area contributed by atoms with Gasteiger partial charge in [-0.05, 0) is 63.4 Å². The van der Waals surface area contributed by atoms with Gasteiger partial charge in [0.15, 0.2) is 5.65 Å². The predicted molar refractivity (Wildman–Crippen MR) is 154 cm³/mol. The topological polar surface area (TPSA) is 101 Å². The number of amides is 2. The van der Waals surface area contributed by atoms with Crippen molar-refractivity contribution in [2.24, 2.45) is 18.4 Å². The molecular weight excluding hydrogens is 504 g/mol. The normalized spacial score (nSPS) is 24.2. The zero-order valence-corrected chi connectivity index (χ0v) is 24.5. The molecule has 2 bridgehead atoms. The minimum atomic E-state index is -0.0855. The van der Waals surface area contributed by atoms with Gasteiger partial charge in [0.25, 0.3) is 0 Å². The molecule has 1 aliphatic heterocycles. The van der Waals surface area contributed by atoms with Gasteiger partial charge < -0.3 is 15.1 Å². The van der Waals surface area contributed by atoms with Crippen molar-refractivity contribution in [2.45, 2.75) is 84.8 Å². The number of hydrogen-bond acceptors (Lipinski definition) is 6. The largest absolute Gasteiger partial charge is 0.366 e. The Balaban J connectivity index is 1.17. The van der Waals surface area contributed by atoms with Crippen LogP contribution in [0.3, 0.4) is 0 Å². The lowest BCUT2D eigenvalue weighted by Gasteiger charge is -2.49. The molecule has 3 aromatic heterocycles. The second-order valence-corrected chi connectivity index (χ2v) is 12.6. The Morgan fingerprint density at radius 3 is 2.85 bits per heavy atom. The van der Waals surface area contributed by atoms with E-state index < -0.39 is 0 Å². The van der Waals surface area contributed by atoms with Crippen LogP contribution in [0.15, 0.2) is 12.3 Å². The number of pyridine rings is 1. The lowest BCUT2D eigenvalue weighted by Crippen LogP contribution is -2.51. The third-order valence-corrected chi connectivity index (χ3v) is 9.77. The van der Waals surface area contributed by atoms with Crippen molar-refractivity contribution in [3.05, 3.63) is 34.9 Å². The molecule has 10 heteroatoms. The van der Waals surface area contributed by atoms with Gasteiger partial charge in [0.2, 0.25) is 11.8 Å². The number of aryl methyl sites for hydroxylation is 3. The molecule has 0 spiro atoms. The summed E-state index contributed by atoms with van der Waals surface area (Å²) in [5.74, 6) is 0.363. The number of carbonyl (C=O) groups is 2. The van der Waals surface area contributed by atoms with E-state index in [1.165, 1.54) is 41.6 Å². The summed E-state index contributed by atoms with van der Waals surface area (Å²) in [5.41, 5.74) is 7.26. The van der Waals surface area contributed by atoms with E-state index in [2.05, 4.69) is 39.9 Å². The highest BCUT2D eigenvalue weighted by atomic mass is 16.2. The molecule has 0 aromatic carbocycles. The van der Waals surface area contributed by atoms with E-state index in [-0.39, 0.29) is 29.8 Å². The molecule has 4 heterocycles. The third-order valence-electron chi connectivity index (χ3n) is 9.77. The zero-order chi connectivity index (χ0) is 28.2. The van der Waals surface area contributed by atoms with E-state index in [0.29, 0.717) is 5.92 Å². The number of fused-ring (bicyclic) bond motifs is 4. The summed E-state index contributed by atoms with van der Waals surface area (Å²) < 4.78 is 4.19. The highest BCUT2D eigenvalue weighted by Gasteiger charge is 2.45. The Labute approximate surface area is 236 Å². The fraction of sp³-hybridized carbons (Fsp3) is 0.633. The number of hydrogen-bond donors (Lipinski definition) is 1. The number of carbonyl (C=O) groups excluding carboxylic acids is 2. The van der Waals surface area contributed by atoms with Crippen LogP contribution in [0, 0.1) is 25.2 Å². The van der Waals surface area contributed by atoms with Crippen molar-refractivity contribution in [1.82, 2.24) is 34.8 Å². The third kappa shape index (κ3) is 4.86. The molecule has 2 aliphatic carbocycles. The van der Waals surface area contributed by atoms with E-state index in [9.17, 15) is 9.59 Å². The molecule has 40 heavy (non-hydrogen) atoms. The summed E-state index contributed by atoms with van der Waals surface area (Å²) in [7, 11) is 3.63. The van der Waals surface area contributed by atoms with Crippen LogP contribution in [-0.2, 0) is 36.1 Å². The van der Waals surface area contributed by atoms with Gasteiger partial charge in [-0.3, -0.25) is 19.0 Å². The molecule has 3 atom stereocenters. The summed E-state index contributed by atoms with van der Waals surface area (Å²) in [6, 6.07) is 2.39. The van der Waals surface area contributed by atoms with E-state index in [1.54, 1.807) is 7.05 Å². The summed E-state index contributed by atoms with van der Waals surface area (Å²) in [5, 5.41) is 13.9. The van der Waals surface area contributed by atoms with Crippen LogP contribution in [0.2, 0.25) is 0 Å². The maximum Gasteiger partial charge on any atom is 0.239 e. The second-order valence-electron chi connectivity index (χ2n) is 12.6. The molecule has 3 unspecified atom stereocenters. The first kappa shape index (κ1) is 26.8. The minimum absolute atomic E-state index is 0.0463. The summed E-state index contributed by atoms with van der Waals surface area (Å²) in [6.45, 7) is 8.60. The standard InChI is InChI=1S/C30H42N8O2/c1-19-13-27(23-15-31-36(5)29(23)32-19)37-12-9-26-24(16-37)20(2)34-38(26)18-30-10-6-7-22(14-30)25(8-11-30)33-28(40)17-35(4)21(3)39/h13,15,22,25H,6-12,14,16-18H2,1-5H3,(H,33,40). The van der Waals surface area contributed by atoms with Crippen molar-refractivity contribution < 1.29 is 9.59 Å². The molecule has 3 aromatic rings. The minimum Gasteiger partial charge on any atom is -0.366 e. The number of rotatable bonds is 6. The molecule has 2 amide bonds. The maximum absolute atomic E-state index is 12.6. The Morgan fingerprint density at radius 2 is 2.05 bits per heavy atom. The average molecular weight is 547 g/mol. The first-order chi connectivity index (χ1) is 19.1. The molecule has 3 aliphatic rings. The van der Waals surface area contributed by atoms with Gasteiger partial charge in [-0.25, -0.2) is 4.98 Å². The lowest BCUT2D eigenvalue weighted by molar-refractivity contribution is -0.133. The summed E-state index contributed by atoms with van der Waals surface area (Å²) >= 11 is 0. The summed E-state index contributed by atoms with van der Waals surface area (Å²) in [4.78, 5) is 32.8. The van der Waals surface area contributed by atoms with Gasteiger partial charge in [0.1, 0.15) is 0 Å². The van der Waals surface area contributed by atoms with Gasteiger partial charge in [-0.2, -0.15) is 10.2 Å². The lowest BCUT2D eigenvalue weighted by atomic mass is 9.60. The molecule has 1 N–H and O–H groups in total. The van der Waals surface area contributed by atoms with Crippen molar-refractivity contribution in [1.29, 1.82) is 0 Å². The van der Waals surface area contributed by atoms with Crippen molar-refractivity contribution in [3.63, 3.8) is 0 Å². The van der Waals surface area contributed by atoms with Crippen molar-refractivity contribution in [3.8, 4) is 0 Å². The molecular formula is C30H42N8O2. The smallest absolute Gasteiger partial charge is 0.239 e. The number of nitrogens with zero attached hydrogens (tertiary/aromatic N) is 7. The Morgan fingerprint density at radius 1 is 1.23 bits per heavy atom. The van der Waals surface area contributed by atoms with Crippen molar-refractivity contribution >= 4 is 28.5 Å².